The number of anilines is 1. The van der Waals surface area contributed by atoms with Crippen molar-refractivity contribution in [2.24, 2.45) is 0 Å². The highest BCUT2D eigenvalue weighted by molar-refractivity contribution is 6.13. The molecule has 0 amide bonds. The molecule has 7 rings (SSSR count). The molecular weight excluding hydrogens is 404 g/mol. The summed E-state index contributed by atoms with van der Waals surface area (Å²) in [6.45, 7) is 0. The Hall–Kier alpha value is -4.50. The molecule has 0 atom stereocenters. The van der Waals surface area contributed by atoms with Crippen LogP contribution >= 0.6 is 0 Å². The fourth-order valence-electron chi connectivity index (χ4n) is 5.16. The lowest BCUT2D eigenvalue weighted by molar-refractivity contribution is 0.670. The summed E-state index contributed by atoms with van der Waals surface area (Å²) >= 11 is 0. The number of para-hydroxylation sites is 4. The Balaban J connectivity index is 1.63. The molecule has 0 spiro atoms. The van der Waals surface area contributed by atoms with Crippen molar-refractivity contribution in [1.82, 2.24) is 4.57 Å². The number of hydrogen-bond acceptors (Lipinski definition) is 2. The van der Waals surface area contributed by atoms with Gasteiger partial charge in [-0.05, 0) is 30.3 Å². The van der Waals surface area contributed by atoms with Gasteiger partial charge in [-0.25, -0.2) is 0 Å². The van der Waals surface area contributed by atoms with Crippen molar-refractivity contribution < 1.29 is 4.42 Å². The number of hydrogen-bond donors (Lipinski definition) is 1. The lowest BCUT2D eigenvalue weighted by Gasteiger charge is -2.16. The van der Waals surface area contributed by atoms with Gasteiger partial charge in [-0.2, -0.15) is 0 Å². The van der Waals surface area contributed by atoms with E-state index in [1.807, 2.05) is 30.3 Å². The van der Waals surface area contributed by atoms with E-state index in [1.54, 1.807) is 0 Å². The van der Waals surface area contributed by atoms with Crippen molar-refractivity contribution in [2.45, 2.75) is 0 Å². The van der Waals surface area contributed by atoms with E-state index in [4.69, 9.17) is 10.2 Å². The van der Waals surface area contributed by atoms with Gasteiger partial charge >= 0.3 is 0 Å². The predicted octanol–water partition coefficient (Wildman–Crippen LogP) is 7.93. The van der Waals surface area contributed by atoms with Crippen LogP contribution in [-0.2, 0) is 0 Å². The van der Waals surface area contributed by atoms with Crippen LogP contribution in [-0.4, -0.2) is 4.57 Å². The summed E-state index contributed by atoms with van der Waals surface area (Å²) < 4.78 is 8.69. The number of nitrogen functional groups attached to an aromatic ring is 1. The molecule has 0 aliphatic rings. The zero-order valence-corrected chi connectivity index (χ0v) is 17.8. The largest absolute Gasteiger partial charge is 0.455 e. The molecular formula is C30H20N2O. The van der Waals surface area contributed by atoms with Crippen molar-refractivity contribution in [2.75, 3.05) is 5.73 Å². The topological polar surface area (TPSA) is 44.1 Å². The molecule has 2 N–H and O–H groups in total. The summed E-state index contributed by atoms with van der Waals surface area (Å²) in [5, 5.41) is 4.66. The fraction of sp³-hybridized carbons (Fsp3) is 0. The molecule has 0 aliphatic carbocycles. The number of aromatic nitrogens is 1. The molecule has 0 aliphatic heterocycles. The molecule has 7 aromatic rings. The molecule has 156 valence electrons. The number of rotatable bonds is 2. The SMILES string of the molecule is Nc1cccc(-n2c3ccccc3c3ccccc32)c1-c1cccc2c1oc1ccccc12. The molecule has 0 radical (unpaired) electrons. The molecule has 2 aromatic heterocycles. The minimum absolute atomic E-state index is 0.724. The second-order valence-electron chi connectivity index (χ2n) is 8.39. The van der Waals surface area contributed by atoms with E-state index in [-0.39, 0.29) is 0 Å². The highest BCUT2D eigenvalue weighted by Gasteiger charge is 2.20. The van der Waals surface area contributed by atoms with Crippen LogP contribution in [0.3, 0.4) is 0 Å². The standard InChI is InChI=1S/C30H20N2O/c31-24-14-8-17-27(32-25-15-4-1-9-19(25)20-10-2-5-16-26(20)32)29(24)23-13-7-12-22-21-11-3-6-18-28(21)33-30(22)23/h1-18H,31H2. The van der Waals surface area contributed by atoms with Crippen LogP contribution < -0.4 is 5.73 Å². The third kappa shape index (κ3) is 2.50. The van der Waals surface area contributed by atoms with Gasteiger partial charge in [-0.3, -0.25) is 0 Å². The minimum Gasteiger partial charge on any atom is -0.455 e. The first-order valence-corrected chi connectivity index (χ1v) is 11.1. The van der Waals surface area contributed by atoms with E-state index >= 15 is 0 Å². The number of benzene rings is 5. The van der Waals surface area contributed by atoms with Crippen molar-refractivity contribution in [3.05, 3.63) is 109 Å². The normalized spacial score (nSPS) is 11.8. The van der Waals surface area contributed by atoms with E-state index in [1.165, 1.54) is 10.8 Å². The molecule has 0 saturated heterocycles. The highest BCUT2D eigenvalue weighted by Crippen LogP contribution is 2.42. The summed E-state index contributed by atoms with van der Waals surface area (Å²) in [4.78, 5) is 0. The van der Waals surface area contributed by atoms with Crippen LogP contribution in [0.25, 0.3) is 60.6 Å². The minimum atomic E-state index is 0.724. The molecule has 0 bridgehead atoms. The van der Waals surface area contributed by atoms with Crippen molar-refractivity contribution >= 4 is 49.4 Å². The Kier molecular flexibility index (Phi) is 3.70. The van der Waals surface area contributed by atoms with Crippen molar-refractivity contribution in [3.8, 4) is 16.8 Å². The van der Waals surface area contributed by atoms with Crippen LogP contribution in [0.2, 0.25) is 0 Å². The summed E-state index contributed by atoms with van der Waals surface area (Å²) in [5.74, 6) is 0. The first-order valence-electron chi connectivity index (χ1n) is 11.1. The summed E-state index contributed by atoms with van der Waals surface area (Å²) in [6.07, 6.45) is 0. The Bertz CT molecular complexity index is 1780. The van der Waals surface area contributed by atoms with Gasteiger partial charge in [0.1, 0.15) is 11.2 Å². The monoisotopic (exact) mass is 424 g/mol. The molecule has 2 heterocycles. The number of nitrogens with zero attached hydrogens (tertiary/aromatic N) is 1. The third-order valence-electron chi connectivity index (χ3n) is 6.57. The zero-order valence-electron chi connectivity index (χ0n) is 17.8. The van der Waals surface area contributed by atoms with E-state index in [0.29, 0.717) is 0 Å². The summed E-state index contributed by atoms with van der Waals surface area (Å²) in [6, 6.07) is 37.7. The van der Waals surface area contributed by atoms with E-state index < -0.39 is 0 Å². The average Bonchev–Trinajstić information content (AvgIpc) is 3.40. The van der Waals surface area contributed by atoms with Gasteiger partial charge in [0.05, 0.1) is 16.7 Å². The van der Waals surface area contributed by atoms with Crippen LogP contribution in [0.1, 0.15) is 0 Å². The molecule has 3 heteroatoms. The lowest BCUT2D eigenvalue weighted by atomic mass is 9.98. The molecule has 0 unspecified atom stereocenters. The van der Waals surface area contributed by atoms with Gasteiger partial charge in [0.25, 0.3) is 0 Å². The van der Waals surface area contributed by atoms with Gasteiger partial charge < -0.3 is 14.7 Å². The maximum atomic E-state index is 6.68. The average molecular weight is 425 g/mol. The van der Waals surface area contributed by atoms with Crippen molar-refractivity contribution in [3.63, 3.8) is 0 Å². The molecule has 5 aromatic carbocycles. The Labute approximate surface area is 190 Å². The van der Waals surface area contributed by atoms with Crippen LogP contribution in [0.15, 0.2) is 114 Å². The summed E-state index contributed by atoms with van der Waals surface area (Å²) in [5.41, 5.74) is 14.5. The smallest absolute Gasteiger partial charge is 0.143 e. The highest BCUT2D eigenvalue weighted by atomic mass is 16.3. The maximum absolute atomic E-state index is 6.68. The lowest BCUT2D eigenvalue weighted by Crippen LogP contribution is -2.00. The maximum Gasteiger partial charge on any atom is 0.143 e. The van der Waals surface area contributed by atoms with E-state index in [0.717, 1.165) is 55.5 Å². The Morgan fingerprint density at radius 3 is 1.91 bits per heavy atom. The first kappa shape index (κ1) is 18.1. The molecule has 33 heavy (non-hydrogen) atoms. The van der Waals surface area contributed by atoms with E-state index in [9.17, 15) is 0 Å². The first-order chi connectivity index (χ1) is 16.3. The second kappa shape index (κ2) is 6.75. The van der Waals surface area contributed by atoms with Gasteiger partial charge in [0.2, 0.25) is 0 Å². The fourth-order valence-corrected chi connectivity index (χ4v) is 5.16. The Morgan fingerprint density at radius 1 is 0.545 bits per heavy atom. The molecule has 3 nitrogen and oxygen atoms in total. The van der Waals surface area contributed by atoms with Gasteiger partial charge in [-0.1, -0.05) is 78.9 Å². The van der Waals surface area contributed by atoms with Gasteiger partial charge in [0, 0.05) is 38.4 Å². The van der Waals surface area contributed by atoms with Gasteiger partial charge in [0.15, 0.2) is 0 Å². The third-order valence-corrected chi connectivity index (χ3v) is 6.57. The van der Waals surface area contributed by atoms with Crippen LogP contribution in [0, 0.1) is 0 Å². The van der Waals surface area contributed by atoms with Crippen molar-refractivity contribution in [1.29, 1.82) is 0 Å². The van der Waals surface area contributed by atoms with Crippen LogP contribution in [0.4, 0.5) is 5.69 Å². The number of fused-ring (bicyclic) bond motifs is 6. The number of nitrogens with two attached hydrogens (primary N) is 1. The molecule has 0 fully saturated rings. The van der Waals surface area contributed by atoms with E-state index in [2.05, 4.69) is 83.4 Å². The van der Waals surface area contributed by atoms with Crippen LogP contribution in [0.5, 0.6) is 0 Å². The zero-order chi connectivity index (χ0) is 21.9. The predicted molar refractivity (Wildman–Crippen MR) is 138 cm³/mol. The second-order valence-corrected chi connectivity index (χ2v) is 8.39. The molecule has 0 saturated carbocycles. The number of furan rings is 1. The van der Waals surface area contributed by atoms with Gasteiger partial charge in [-0.15, -0.1) is 0 Å². The summed E-state index contributed by atoms with van der Waals surface area (Å²) in [7, 11) is 0. The Morgan fingerprint density at radius 2 is 1.15 bits per heavy atom. The quantitative estimate of drug-likeness (QED) is 0.286.